The maximum absolute atomic E-state index is 3.93. The van der Waals surface area contributed by atoms with E-state index in [1.807, 2.05) is 0 Å². The number of hydrogen-bond donors (Lipinski definition) is 0. The van der Waals surface area contributed by atoms with Gasteiger partial charge in [-0.15, -0.1) is 6.58 Å². The van der Waals surface area contributed by atoms with E-state index in [9.17, 15) is 0 Å². The van der Waals surface area contributed by atoms with Crippen molar-refractivity contribution in [3.63, 3.8) is 0 Å². The summed E-state index contributed by atoms with van der Waals surface area (Å²) >= 11 is 0. The molecule has 0 aromatic heterocycles. The molecule has 0 aromatic rings. The van der Waals surface area contributed by atoms with Crippen LogP contribution in [-0.2, 0) is 0 Å². The van der Waals surface area contributed by atoms with Crippen molar-refractivity contribution in [1.82, 2.24) is 0 Å². The van der Waals surface area contributed by atoms with Crippen LogP contribution in [-0.4, -0.2) is 0 Å². The number of hydrogen-bond acceptors (Lipinski definition) is 0. The maximum atomic E-state index is 3.93. The molecule has 0 heteroatoms. The highest BCUT2D eigenvalue weighted by Crippen LogP contribution is 2.79. The van der Waals surface area contributed by atoms with Crippen molar-refractivity contribution in [2.75, 3.05) is 0 Å². The van der Waals surface area contributed by atoms with Gasteiger partial charge in [-0.3, -0.25) is 0 Å². The summed E-state index contributed by atoms with van der Waals surface area (Å²) in [5, 5.41) is 0. The Balaban J connectivity index is 3.07. The van der Waals surface area contributed by atoms with E-state index in [1.54, 1.807) is 0 Å². The molecular formula is C12H20. The van der Waals surface area contributed by atoms with Crippen LogP contribution in [0.3, 0.4) is 0 Å². The minimum atomic E-state index is 0.270. The van der Waals surface area contributed by atoms with Gasteiger partial charge in [0, 0.05) is 10.8 Å². The standard InChI is InChI=1S/C12H20/c1-7-9-12(6)10(3,4)11(12,5)8-2/h7-9H,2H2,1,3-6H3. The van der Waals surface area contributed by atoms with E-state index in [0.717, 1.165) is 0 Å². The highest BCUT2D eigenvalue weighted by molar-refractivity contribution is 5.35. The van der Waals surface area contributed by atoms with Gasteiger partial charge < -0.3 is 0 Å². The molecule has 0 N–H and O–H groups in total. The SMILES string of the molecule is C=CC1(C)C(C)(C)C1(C)C=CC. The van der Waals surface area contributed by atoms with Crippen LogP contribution in [0.4, 0.5) is 0 Å². The Morgan fingerprint density at radius 1 is 1.00 bits per heavy atom. The average Bonchev–Trinajstić information content (AvgIpc) is 2.32. The molecule has 0 radical (unpaired) electrons. The van der Waals surface area contributed by atoms with Crippen molar-refractivity contribution in [2.24, 2.45) is 16.2 Å². The predicted molar refractivity (Wildman–Crippen MR) is 55.0 cm³/mol. The predicted octanol–water partition coefficient (Wildman–Crippen LogP) is 3.80. The summed E-state index contributed by atoms with van der Waals surface area (Å²) in [7, 11) is 0. The third-order valence-electron chi connectivity index (χ3n) is 4.52. The second-order valence-corrected chi connectivity index (χ2v) is 4.73. The van der Waals surface area contributed by atoms with Gasteiger partial charge in [0.2, 0.25) is 0 Å². The molecule has 0 saturated heterocycles. The van der Waals surface area contributed by atoms with Gasteiger partial charge in [-0.1, -0.05) is 45.9 Å². The molecule has 0 aliphatic heterocycles. The van der Waals surface area contributed by atoms with E-state index in [-0.39, 0.29) is 5.41 Å². The Morgan fingerprint density at radius 2 is 1.50 bits per heavy atom. The first-order valence-electron chi connectivity index (χ1n) is 4.65. The summed E-state index contributed by atoms with van der Waals surface area (Å²) in [6.07, 6.45) is 6.57. The molecule has 1 saturated carbocycles. The van der Waals surface area contributed by atoms with Crippen molar-refractivity contribution in [2.45, 2.75) is 34.6 Å². The Morgan fingerprint density at radius 3 is 1.75 bits per heavy atom. The summed E-state index contributed by atoms with van der Waals surface area (Å²) in [4.78, 5) is 0. The molecule has 0 spiro atoms. The smallest absolute Gasteiger partial charge is 0.000656 e. The second kappa shape index (κ2) is 2.25. The highest BCUT2D eigenvalue weighted by Gasteiger charge is 2.73. The first-order valence-corrected chi connectivity index (χ1v) is 4.65. The molecule has 1 aliphatic rings. The van der Waals surface area contributed by atoms with E-state index in [1.165, 1.54) is 0 Å². The van der Waals surface area contributed by atoms with Crippen LogP contribution >= 0.6 is 0 Å². The van der Waals surface area contributed by atoms with Crippen LogP contribution in [0.25, 0.3) is 0 Å². The molecule has 1 rings (SSSR count). The van der Waals surface area contributed by atoms with E-state index in [4.69, 9.17) is 0 Å². The zero-order chi connectivity index (χ0) is 9.62. The minimum Gasteiger partial charge on any atom is -0.102 e. The largest absolute Gasteiger partial charge is 0.102 e. The van der Waals surface area contributed by atoms with Crippen LogP contribution in [0.5, 0.6) is 0 Å². The fourth-order valence-electron chi connectivity index (χ4n) is 2.60. The Hall–Kier alpha value is -0.520. The average molecular weight is 164 g/mol. The summed E-state index contributed by atoms with van der Waals surface area (Å²) in [6.45, 7) is 15.3. The van der Waals surface area contributed by atoms with Gasteiger partial charge in [0.1, 0.15) is 0 Å². The zero-order valence-electron chi connectivity index (χ0n) is 8.94. The van der Waals surface area contributed by atoms with Gasteiger partial charge in [-0.25, -0.2) is 0 Å². The van der Waals surface area contributed by atoms with Crippen molar-refractivity contribution in [3.05, 3.63) is 24.8 Å². The van der Waals surface area contributed by atoms with Crippen LogP contribution < -0.4 is 0 Å². The van der Waals surface area contributed by atoms with Gasteiger partial charge in [0.05, 0.1) is 0 Å². The third-order valence-corrected chi connectivity index (χ3v) is 4.52. The van der Waals surface area contributed by atoms with Crippen LogP contribution in [0, 0.1) is 16.2 Å². The van der Waals surface area contributed by atoms with E-state index >= 15 is 0 Å². The Labute approximate surface area is 76.4 Å². The molecule has 2 atom stereocenters. The molecule has 1 fully saturated rings. The number of allylic oxidation sites excluding steroid dienone is 3. The van der Waals surface area contributed by atoms with Gasteiger partial charge in [0.25, 0.3) is 0 Å². The fraction of sp³-hybridized carbons (Fsp3) is 0.667. The molecular weight excluding hydrogens is 144 g/mol. The topological polar surface area (TPSA) is 0 Å². The summed E-state index contributed by atoms with van der Waals surface area (Å²) in [6, 6.07) is 0. The van der Waals surface area contributed by atoms with Gasteiger partial charge in [-0.2, -0.15) is 0 Å². The van der Waals surface area contributed by atoms with Crippen molar-refractivity contribution in [3.8, 4) is 0 Å². The zero-order valence-corrected chi connectivity index (χ0v) is 8.94. The summed E-state index contributed by atoms with van der Waals surface area (Å²) < 4.78 is 0. The molecule has 0 heterocycles. The van der Waals surface area contributed by atoms with Crippen molar-refractivity contribution in [1.29, 1.82) is 0 Å². The molecule has 0 aromatic carbocycles. The third kappa shape index (κ3) is 0.688. The quantitative estimate of drug-likeness (QED) is 0.544. The van der Waals surface area contributed by atoms with Crippen molar-refractivity contribution >= 4 is 0 Å². The van der Waals surface area contributed by atoms with Gasteiger partial charge >= 0.3 is 0 Å². The molecule has 2 unspecified atom stereocenters. The summed E-state index contributed by atoms with van der Waals surface area (Å²) in [5.41, 5.74) is 0.928. The molecule has 12 heavy (non-hydrogen) atoms. The van der Waals surface area contributed by atoms with E-state index < -0.39 is 0 Å². The van der Waals surface area contributed by atoms with Crippen LogP contribution in [0.2, 0.25) is 0 Å². The lowest BCUT2D eigenvalue weighted by molar-refractivity contribution is 0.488. The lowest BCUT2D eigenvalue weighted by Gasteiger charge is -2.08. The molecule has 0 bridgehead atoms. The molecule has 0 amide bonds. The van der Waals surface area contributed by atoms with Gasteiger partial charge in [0.15, 0.2) is 0 Å². The fourth-order valence-corrected chi connectivity index (χ4v) is 2.60. The van der Waals surface area contributed by atoms with Crippen LogP contribution in [0.15, 0.2) is 24.8 Å². The highest BCUT2D eigenvalue weighted by atomic mass is 14.8. The molecule has 1 aliphatic carbocycles. The Kier molecular flexibility index (Phi) is 1.79. The normalized spacial score (nSPS) is 44.8. The number of rotatable bonds is 2. The maximum Gasteiger partial charge on any atom is 0.000656 e. The first kappa shape index (κ1) is 9.57. The van der Waals surface area contributed by atoms with E-state index in [2.05, 4.69) is 59.4 Å². The lowest BCUT2D eigenvalue weighted by atomic mass is 9.96. The molecule has 68 valence electrons. The van der Waals surface area contributed by atoms with Crippen LogP contribution in [0.1, 0.15) is 34.6 Å². The lowest BCUT2D eigenvalue weighted by Crippen LogP contribution is -2.00. The van der Waals surface area contributed by atoms with E-state index in [0.29, 0.717) is 10.8 Å². The first-order chi connectivity index (χ1) is 5.37. The van der Waals surface area contributed by atoms with Crippen molar-refractivity contribution < 1.29 is 0 Å². The minimum absolute atomic E-state index is 0.270. The monoisotopic (exact) mass is 164 g/mol. The second-order valence-electron chi connectivity index (χ2n) is 4.73. The summed E-state index contributed by atoms with van der Waals surface area (Å²) in [5.74, 6) is 0. The Bertz CT molecular complexity index is 234. The molecule has 0 nitrogen and oxygen atoms in total. The van der Waals surface area contributed by atoms with Gasteiger partial charge in [-0.05, 0) is 12.3 Å².